The van der Waals surface area contributed by atoms with Crippen LogP contribution in [0.15, 0.2) is 12.5 Å². The molecule has 15 nitrogen and oxygen atoms in total. The van der Waals surface area contributed by atoms with E-state index in [1.807, 2.05) is 0 Å². The van der Waals surface area contributed by atoms with Crippen molar-refractivity contribution < 1.29 is 33.9 Å². The summed E-state index contributed by atoms with van der Waals surface area (Å²) in [7, 11) is 0. The van der Waals surface area contributed by atoms with Crippen molar-refractivity contribution in [3.8, 4) is 0 Å². The Bertz CT molecular complexity index is 887. The number of carboxylic acid groups (broad SMARTS) is 1. The maximum absolute atomic E-state index is 12.9. The lowest BCUT2D eigenvalue weighted by molar-refractivity contribution is -0.142. The van der Waals surface area contributed by atoms with Gasteiger partial charge in [-0.1, -0.05) is 0 Å². The number of aromatic amines is 1. The molecule has 0 aliphatic heterocycles. The maximum Gasteiger partial charge on any atom is 0.326 e. The number of hydrogen-bond acceptors (Lipinski definition) is 8. The normalized spacial score (nSPS) is 14.2. The fourth-order valence-corrected chi connectivity index (χ4v) is 2.77. The number of carbonyl (C=O) groups is 6. The SMILES string of the molecule is CC(N)C(=O)NC(CCC(N)=O)C(=O)NC(Cc1cnc[nH]1)C(=O)NC(CCC(N)=O)C(=O)O. The molecule has 34 heavy (non-hydrogen) atoms. The predicted molar refractivity (Wildman–Crippen MR) is 116 cm³/mol. The van der Waals surface area contributed by atoms with Crippen LogP contribution >= 0.6 is 0 Å². The second-order valence-corrected chi connectivity index (χ2v) is 7.60. The topological polar surface area (TPSA) is 265 Å². The zero-order valence-electron chi connectivity index (χ0n) is 18.6. The summed E-state index contributed by atoms with van der Waals surface area (Å²) in [6, 6.07) is -4.93. The minimum absolute atomic E-state index is 0.108. The third kappa shape index (κ3) is 10.1. The summed E-state index contributed by atoms with van der Waals surface area (Å²) in [6.45, 7) is 1.39. The van der Waals surface area contributed by atoms with E-state index in [2.05, 4.69) is 25.9 Å². The van der Waals surface area contributed by atoms with Crippen LogP contribution in [0.3, 0.4) is 0 Å². The van der Waals surface area contributed by atoms with Crippen molar-refractivity contribution in [2.75, 3.05) is 0 Å². The van der Waals surface area contributed by atoms with Crippen LogP contribution in [0.4, 0.5) is 0 Å². The third-order valence-corrected chi connectivity index (χ3v) is 4.63. The first-order valence-corrected chi connectivity index (χ1v) is 10.3. The zero-order valence-corrected chi connectivity index (χ0v) is 18.6. The molecule has 0 aliphatic carbocycles. The minimum atomic E-state index is -1.44. The van der Waals surface area contributed by atoms with E-state index < -0.39 is 59.7 Å². The first-order chi connectivity index (χ1) is 15.9. The highest BCUT2D eigenvalue weighted by Gasteiger charge is 2.30. The van der Waals surface area contributed by atoms with Crippen molar-refractivity contribution in [2.24, 2.45) is 17.2 Å². The number of nitrogens with one attached hydrogen (secondary N) is 4. The molecule has 1 rings (SSSR count). The van der Waals surface area contributed by atoms with E-state index in [1.54, 1.807) is 0 Å². The number of aromatic nitrogens is 2. The molecule has 0 aliphatic rings. The van der Waals surface area contributed by atoms with Gasteiger partial charge in [-0.3, -0.25) is 24.0 Å². The van der Waals surface area contributed by atoms with Crippen molar-refractivity contribution >= 4 is 35.5 Å². The molecule has 0 saturated heterocycles. The summed E-state index contributed by atoms with van der Waals surface area (Å²) in [6.07, 6.45) is 1.70. The number of nitrogens with zero attached hydrogens (tertiary/aromatic N) is 1. The lowest BCUT2D eigenvalue weighted by atomic mass is 10.1. The number of carboxylic acids is 1. The van der Waals surface area contributed by atoms with E-state index in [1.165, 1.54) is 19.4 Å². The van der Waals surface area contributed by atoms with Gasteiger partial charge >= 0.3 is 5.97 Å². The summed E-state index contributed by atoms with van der Waals surface area (Å²) >= 11 is 0. The van der Waals surface area contributed by atoms with Crippen molar-refractivity contribution in [1.29, 1.82) is 0 Å². The fourth-order valence-electron chi connectivity index (χ4n) is 2.77. The van der Waals surface area contributed by atoms with Gasteiger partial charge in [-0.05, 0) is 19.8 Å². The lowest BCUT2D eigenvalue weighted by Crippen LogP contribution is -2.57. The Labute approximate surface area is 194 Å². The molecule has 1 aromatic heterocycles. The van der Waals surface area contributed by atoms with Gasteiger partial charge in [-0.15, -0.1) is 0 Å². The molecule has 4 unspecified atom stereocenters. The van der Waals surface area contributed by atoms with E-state index in [-0.39, 0.29) is 32.1 Å². The van der Waals surface area contributed by atoms with Gasteiger partial charge in [0.25, 0.3) is 0 Å². The van der Waals surface area contributed by atoms with E-state index >= 15 is 0 Å². The average Bonchev–Trinajstić information content (AvgIpc) is 3.25. The van der Waals surface area contributed by atoms with Crippen LogP contribution < -0.4 is 33.2 Å². The van der Waals surface area contributed by atoms with Gasteiger partial charge in [0.15, 0.2) is 0 Å². The maximum atomic E-state index is 12.9. The number of amides is 5. The number of hydrogen-bond donors (Lipinski definition) is 8. The summed E-state index contributed by atoms with van der Waals surface area (Å²) in [5, 5.41) is 16.4. The molecule has 0 aromatic carbocycles. The Hall–Kier alpha value is -4.01. The molecule has 1 aromatic rings. The molecule has 5 amide bonds. The lowest BCUT2D eigenvalue weighted by Gasteiger charge is -2.24. The number of carbonyl (C=O) groups excluding carboxylic acids is 5. The van der Waals surface area contributed by atoms with E-state index in [9.17, 15) is 33.9 Å². The van der Waals surface area contributed by atoms with Gasteiger partial charge in [0.1, 0.15) is 18.1 Å². The van der Waals surface area contributed by atoms with Crippen LogP contribution in [-0.4, -0.2) is 74.7 Å². The molecular weight excluding hydrogens is 452 g/mol. The average molecular weight is 482 g/mol. The van der Waals surface area contributed by atoms with Gasteiger partial charge in [-0.25, -0.2) is 9.78 Å². The third-order valence-electron chi connectivity index (χ3n) is 4.63. The Morgan fingerprint density at radius 3 is 1.88 bits per heavy atom. The Morgan fingerprint density at radius 2 is 1.41 bits per heavy atom. The highest BCUT2D eigenvalue weighted by Crippen LogP contribution is 2.05. The number of rotatable bonds is 15. The summed E-state index contributed by atoms with van der Waals surface area (Å²) in [5.74, 6) is -5.21. The number of aliphatic carboxylic acids is 1. The van der Waals surface area contributed by atoms with Gasteiger partial charge in [-0.2, -0.15) is 0 Å². The molecule has 4 atom stereocenters. The molecule has 0 bridgehead atoms. The smallest absolute Gasteiger partial charge is 0.326 e. The fraction of sp³-hybridized carbons (Fsp3) is 0.526. The van der Waals surface area contributed by atoms with Crippen molar-refractivity contribution in [3.05, 3.63) is 18.2 Å². The van der Waals surface area contributed by atoms with Gasteiger partial charge in [0, 0.05) is 31.2 Å². The first kappa shape index (κ1) is 28.0. The molecule has 0 spiro atoms. The summed E-state index contributed by atoms with van der Waals surface area (Å²) < 4.78 is 0. The molecule has 188 valence electrons. The highest BCUT2D eigenvalue weighted by molar-refractivity contribution is 5.94. The first-order valence-electron chi connectivity index (χ1n) is 10.3. The van der Waals surface area contributed by atoms with E-state index in [0.29, 0.717) is 5.69 Å². The standard InChI is InChI=1S/C19H30N8O7/c1-9(20)16(30)25-11(2-4-14(21)28)17(31)27-13(6-10-7-23-8-24-10)18(32)26-12(19(33)34)3-5-15(22)29/h7-9,11-13H,2-6,20H2,1H3,(H2,21,28)(H2,22,29)(H,23,24)(H,25,30)(H,26,32)(H,27,31)(H,33,34). The van der Waals surface area contributed by atoms with Crippen molar-refractivity contribution in [2.45, 2.75) is 63.2 Å². The molecule has 11 N–H and O–H groups in total. The van der Waals surface area contributed by atoms with Crippen LogP contribution in [-0.2, 0) is 35.2 Å². The van der Waals surface area contributed by atoms with E-state index in [0.717, 1.165) is 0 Å². The van der Waals surface area contributed by atoms with E-state index in [4.69, 9.17) is 17.2 Å². The Balaban J connectivity index is 3.05. The monoisotopic (exact) mass is 482 g/mol. The van der Waals surface area contributed by atoms with Gasteiger partial charge in [0.2, 0.25) is 29.5 Å². The largest absolute Gasteiger partial charge is 0.480 e. The molecule has 1 heterocycles. The Morgan fingerprint density at radius 1 is 0.912 bits per heavy atom. The molecular formula is C19H30N8O7. The van der Waals surface area contributed by atoms with Crippen LogP contribution in [0.25, 0.3) is 0 Å². The Kier molecular flexibility index (Phi) is 11.1. The van der Waals surface area contributed by atoms with Gasteiger partial charge in [0.05, 0.1) is 12.4 Å². The summed E-state index contributed by atoms with van der Waals surface area (Å²) in [5.41, 5.74) is 16.1. The molecule has 0 fully saturated rings. The number of nitrogens with two attached hydrogens (primary N) is 3. The van der Waals surface area contributed by atoms with Crippen LogP contribution in [0.2, 0.25) is 0 Å². The predicted octanol–water partition coefficient (Wildman–Crippen LogP) is -3.63. The van der Waals surface area contributed by atoms with Crippen molar-refractivity contribution in [1.82, 2.24) is 25.9 Å². The highest BCUT2D eigenvalue weighted by atomic mass is 16.4. The number of H-pyrrole nitrogens is 1. The van der Waals surface area contributed by atoms with Crippen LogP contribution in [0, 0.1) is 0 Å². The zero-order chi connectivity index (χ0) is 25.8. The minimum Gasteiger partial charge on any atom is -0.480 e. The molecule has 0 radical (unpaired) electrons. The molecule has 15 heteroatoms. The quantitative estimate of drug-likeness (QED) is 0.122. The number of primary amides is 2. The van der Waals surface area contributed by atoms with Gasteiger partial charge < -0.3 is 43.2 Å². The summed E-state index contributed by atoms with van der Waals surface area (Å²) in [4.78, 5) is 78.0. The molecule has 0 saturated carbocycles. The van der Waals surface area contributed by atoms with Crippen LogP contribution in [0.1, 0.15) is 38.3 Å². The van der Waals surface area contributed by atoms with Crippen molar-refractivity contribution in [3.63, 3.8) is 0 Å². The second-order valence-electron chi connectivity index (χ2n) is 7.60. The van der Waals surface area contributed by atoms with Crippen LogP contribution in [0.5, 0.6) is 0 Å². The second kappa shape index (κ2) is 13.5. The number of imidazole rings is 1.